The van der Waals surface area contributed by atoms with Crippen LogP contribution in [0.5, 0.6) is 0 Å². The summed E-state index contributed by atoms with van der Waals surface area (Å²) in [4.78, 5) is 31.0. The first-order valence-electron chi connectivity index (χ1n) is 8.81. The number of aromatic nitrogens is 1. The van der Waals surface area contributed by atoms with Crippen molar-refractivity contribution in [2.45, 2.75) is 25.7 Å². The van der Waals surface area contributed by atoms with Gasteiger partial charge in [0.15, 0.2) is 0 Å². The van der Waals surface area contributed by atoms with E-state index in [0.717, 1.165) is 31.7 Å². The Morgan fingerprint density at radius 2 is 1.63 bits per heavy atom. The third-order valence-electron chi connectivity index (χ3n) is 4.40. The fraction of sp³-hybridized carbons (Fsp3) is 0.316. The van der Waals surface area contributed by atoms with Gasteiger partial charge in [0.05, 0.1) is 16.1 Å². The van der Waals surface area contributed by atoms with Crippen LogP contribution in [0.25, 0.3) is 0 Å². The summed E-state index contributed by atoms with van der Waals surface area (Å²) in [5, 5.41) is 0.624. The lowest BCUT2D eigenvalue weighted by molar-refractivity contribution is 0.0846. The molecule has 0 aliphatic carbocycles. The maximum atomic E-state index is 12.2. The Balaban J connectivity index is 1.59. The molecule has 1 aromatic carbocycles. The van der Waals surface area contributed by atoms with E-state index < -0.39 is 11.8 Å². The van der Waals surface area contributed by atoms with E-state index >= 15 is 0 Å². The van der Waals surface area contributed by atoms with E-state index in [2.05, 4.69) is 20.7 Å². The van der Waals surface area contributed by atoms with E-state index in [1.54, 1.807) is 12.1 Å². The molecule has 0 atom stereocenters. The molecule has 142 valence electrons. The van der Waals surface area contributed by atoms with E-state index in [0.29, 0.717) is 10.6 Å². The van der Waals surface area contributed by atoms with Crippen LogP contribution in [-0.2, 0) is 0 Å². The van der Waals surface area contributed by atoms with Gasteiger partial charge in [0, 0.05) is 24.3 Å². The molecular weight excluding hydrogens is 387 g/mol. The minimum absolute atomic E-state index is 0.180. The molecule has 2 aromatic rings. The highest BCUT2D eigenvalue weighted by molar-refractivity contribution is 6.35. The monoisotopic (exact) mass is 406 g/mol. The number of hydrogen-bond donors (Lipinski definition) is 2. The van der Waals surface area contributed by atoms with Crippen molar-refractivity contribution in [1.29, 1.82) is 0 Å². The minimum Gasteiger partial charge on any atom is -0.357 e. The zero-order valence-corrected chi connectivity index (χ0v) is 16.2. The first kappa shape index (κ1) is 19.5. The first-order chi connectivity index (χ1) is 13.0. The van der Waals surface area contributed by atoms with Crippen molar-refractivity contribution in [3.63, 3.8) is 0 Å². The summed E-state index contributed by atoms with van der Waals surface area (Å²) in [7, 11) is 0. The van der Waals surface area contributed by atoms with E-state index in [-0.39, 0.29) is 10.6 Å². The molecule has 1 aliphatic rings. The lowest BCUT2D eigenvalue weighted by Crippen LogP contribution is -2.41. The minimum atomic E-state index is -0.551. The van der Waals surface area contributed by atoms with Gasteiger partial charge in [-0.05, 0) is 43.2 Å². The van der Waals surface area contributed by atoms with Crippen molar-refractivity contribution in [2.75, 3.05) is 18.0 Å². The summed E-state index contributed by atoms with van der Waals surface area (Å²) in [6.07, 6.45) is 6.30. The third-order valence-corrected chi connectivity index (χ3v) is 4.97. The topological polar surface area (TPSA) is 74.3 Å². The van der Waals surface area contributed by atoms with Crippen molar-refractivity contribution < 1.29 is 9.59 Å². The zero-order chi connectivity index (χ0) is 19.2. The standard InChI is InChI=1S/C19H20Cl2N4O2/c20-14-6-7-16(21)15(11-14)19(27)24-23-18(26)13-5-8-17(22-12-13)25-9-3-1-2-4-10-25/h5-8,11-12H,1-4,9-10H2,(H,23,26)(H,24,27). The van der Waals surface area contributed by atoms with Gasteiger partial charge in [-0.1, -0.05) is 36.0 Å². The van der Waals surface area contributed by atoms with E-state index in [1.807, 2.05) is 6.07 Å². The van der Waals surface area contributed by atoms with Gasteiger partial charge in [-0.2, -0.15) is 0 Å². The van der Waals surface area contributed by atoms with Crippen molar-refractivity contribution in [3.8, 4) is 0 Å². The van der Waals surface area contributed by atoms with Gasteiger partial charge in [-0.15, -0.1) is 0 Å². The number of anilines is 1. The van der Waals surface area contributed by atoms with Crippen molar-refractivity contribution >= 4 is 40.8 Å². The summed E-state index contributed by atoms with van der Waals surface area (Å²) in [6.45, 7) is 1.96. The SMILES string of the molecule is O=C(NNC(=O)c1cc(Cl)ccc1Cl)c1ccc(N2CCCCCC2)nc1. The molecule has 1 aromatic heterocycles. The number of benzene rings is 1. The zero-order valence-electron chi connectivity index (χ0n) is 14.7. The maximum Gasteiger partial charge on any atom is 0.271 e. The summed E-state index contributed by atoms with van der Waals surface area (Å²) in [6, 6.07) is 8.06. The summed E-state index contributed by atoms with van der Waals surface area (Å²) in [5.41, 5.74) is 5.22. The average Bonchev–Trinajstić information content (AvgIpc) is 2.97. The predicted molar refractivity (Wildman–Crippen MR) is 106 cm³/mol. The lowest BCUT2D eigenvalue weighted by Gasteiger charge is -2.21. The predicted octanol–water partition coefficient (Wildman–Crippen LogP) is 3.84. The Bertz CT molecular complexity index is 819. The van der Waals surface area contributed by atoms with Crippen molar-refractivity contribution in [2.24, 2.45) is 0 Å². The van der Waals surface area contributed by atoms with Gasteiger partial charge in [0.25, 0.3) is 11.8 Å². The number of carbonyl (C=O) groups excluding carboxylic acids is 2. The van der Waals surface area contributed by atoms with Gasteiger partial charge in [-0.25, -0.2) is 4.98 Å². The molecule has 6 nitrogen and oxygen atoms in total. The highest BCUT2D eigenvalue weighted by atomic mass is 35.5. The second kappa shape index (κ2) is 9.06. The summed E-state index contributed by atoms with van der Waals surface area (Å²) >= 11 is 11.8. The molecule has 2 heterocycles. The molecule has 1 fully saturated rings. The maximum absolute atomic E-state index is 12.2. The normalized spacial score (nSPS) is 14.4. The quantitative estimate of drug-likeness (QED) is 0.759. The van der Waals surface area contributed by atoms with Crippen LogP contribution in [0.2, 0.25) is 10.0 Å². The van der Waals surface area contributed by atoms with Crippen LogP contribution in [0.1, 0.15) is 46.4 Å². The third kappa shape index (κ3) is 5.11. The molecule has 1 saturated heterocycles. The number of nitrogens with zero attached hydrogens (tertiary/aromatic N) is 2. The number of halogens is 2. The number of nitrogens with one attached hydrogen (secondary N) is 2. The van der Waals surface area contributed by atoms with Crippen LogP contribution in [0.3, 0.4) is 0 Å². The highest BCUT2D eigenvalue weighted by Gasteiger charge is 2.15. The smallest absolute Gasteiger partial charge is 0.271 e. The fourth-order valence-electron chi connectivity index (χ4n) is 2.93. The van der Waals surface area contributed by atoms with Gasteiger partial charge >= 0.3 is 0 Å². The van der Waals surface area contributed by atoms with Crippen LogP contribution >= 0.6 is 23.2 Å². The van der Waals surface area contributed by atoms with Crippen molar-refractivity contribution in [1.82, 2.24) is 15.8 Å². The Morgan fingerprint density at radius 1 is 0.926 bits per heavy atom. The average molecular weight is 407 g/mol. The summed E-state index contributed by atoms with van der Waals surface area (Å²) in [5.74, 6) is -0.149. The Hall–Kier alpha value is -2.31. The highest BCUT2D eigenvalue weighted by Crippen LogP contribution is 2.20. The Kier molecular flexibility index (Phi) is 6.53. The van der Waals surface area contributed by atoms with Crippen LogP contribution in [-0.4, -0.2) is 29.9 Å². The van der Waals surface area contributed by atoms with Gasteiger partial charge in [0.2, 0.25) is 0 Å². The number of hydrogen-bond acceptors (Lipinski definition) is 4. The van der Waals surface area contributed by atoms with Crippen LogP contribution in [0.15, 0.2) is 36.5 Å². The van der Waals surface area contributed by atoms with Gasteiger partial charge in [0.1, 0.15) is 5.82 Å². The molecule has 0 radical (unpaired) electrons. The van der Waals surface area contributed by atoms with Crippen LogP contribution in [0.4, 0.5) is 5.82 Å². The van der Waals surface area contributed by atoms with Crippen LogP contribution in [0, 0.1) is 0 Å². The Morgan fingerprint density at radius 3 is 2.30 bits per heavy atom. The number of rotatable bonds is 3. The van der Waals surface area contributed by atoms with Gasteiger partial charge < -0.3 is 4.90 Å². The lowest BCUT2D eigenvalue weighted by atomic mass is 10.2. The van der Waals surface area contributed by atoms with Gasteiger partial charge in [-0.3, -0.25) is 20.4 Å². The summed E-state index contributed by atoms with van der Waals surface area (Å²) < 4.78 is 0. The molecule has 27 heavy (non-hydrogen) atoms. The second-order valence-corrected chi connectivity index (χ2v) is 7.18. The number of amides is 2. The van der Waals surface area contributed by atoms with Crippen LogP contribution < -0.4 is 15.8 Å². The largest absolute Gasteiger partial charge is 0.357 e. The molecule has 3 rings (SSSR count). The Labute approximate surface area is 167 Å². The number of hydrazine groups is 1. The molecule has 8 heteroatoms. The van der Waals surface area contributed by atoms with E-state index in [1.165, 1.54) is 31.2 Å². The molecule has 2 amide bonds. The molecule has 0 bridgehead atoms. The molecule has 0 unspecified atom stereocenters. The fourth-order valence-corrected chi connectivity index (χ4v) is 3.31. The van der Waals surface area contributed by atoms with E-state index in [4.69, 9.17) is 23.2 Å². The second-order valence-electron chi connectivity index (χ2n) is 6.34. The van der Waals surface area contributed by atoms with Crippen molar-refractivity contribution in [3.05, 3.63) is 57.7 Å². The number of pyridine rings is 1. The molecule has 1 aliphatic heterocycles. The molecule has 0 saturated carbocycles. The molecule has 0 spiro atoms. The number of carbonyl (C=O) groups is 2. The van der Waals surface area contributed by atoms with E-state index in [9.17, 15) is 9.59 Å². The first-order valence-corrected chi connectivity index (χ1v) is 9.57. The molecule has 2 N–H and O–H groups in total. The molecular formula is C19H20Cl2N4O2.